The zero-order valence-corrected chi connectivity index (χ0v) is 15.4. The van der Waals surface area contributed by atoms with Crippen molar-refractivity contribution < 1.29 is 5.11 Å². The highest BCUT2D eigenvalue weighted by Gasteiger charge is 2.24. The first-order chi connectivity index (χ1) is 10.9. The molecule has 2 rings (SSSR count). The van der Waals surface area contributed by atoms with Crippen molar-refractivity contribution in [1.82, 2.24) is 10.2 Å². The van der Waals surface area contributed by atoms with Gasteiger partial charge in [0.15, 0.2) is 0 Å². The van der Waals surface area contributed by atoms with E-state index in [2.05, 4.69) is 36.2 Å². The molecule has 4 heteroatoms. The number of halogens is 1. The van der Waals surface area contributed by atoms with Crippen molar-refractivity contribution in [3.8, 4) is 0 Å². The number of nitrogens with zero attached hydrogens (tertiary/aromatic N) is 1. The summed E-state index contributed by atoms with van der Waals surface area (Å²) in [6, 6.07) is 8.71. The van der Waals surface area contributed by atoms with Crippen LogP contribution < -0.4 is 5.32 Å². The Labute approximate surface area is 146 Å². The number of aliphatic hydroxyl groups excluding tert-OH is 1. The third-order valence-electron chi connectivity index (χ3n) is 4.66. The monoisotopic (exact) mass is 338 g/mol. The summed E-state index contributed by atoms with van der Waals surface area (Å²) in [5.41, 5.74) is 1.36. The Hall–Kier alpha value is -0.610. The number of piperidine rings is 1. The molecule has 2 N–H and O–H groups in total. The Kier molecular flexibility index (Phi) is 6.90. The number of rotatable bonds is 7. The molecule has 1 aliphatic rings. The number of benzene rings is 1. The highest BCUT2D eigenvalue weighted by Crippen LogP contribution is 2.23. The molecule has 3 nitrogen and oxygen atoms in total. The van der Waals surface area contributed by atoms with E-state index in [9.17, 15) is 5.11 Å². The van der Waals surface area contributed by atoms with Crippen molar-refractivity contribution in [2.75, 3.05) is 19.6 Å². The first-order valence-corrected chi connectivity index (χ1v) is 9.11. The molecule has 0 saturated carbocycles. The maximum Gasteiger partial charge on any atom is 0.0517 e. The van der Waals surface area contributed by atoms with E-state index in [1.54, 1.807) is 0 Å². The van der Waals surface area contributed by atoms with Crippen molar-refractivity contribution in [3.05, 3.63) is 34.9 Å². The number of nitrogens with one attached hydrogen (secondary N) is 1. The summed E-state index contributed by atoms with van der Waals surface area (Å²) in [5, 5.41) is 14.1. The summed E-state index contributed by atoms with van der Waals surface area (Å²) in [7, 11) is 0. The van der Waals surface area contributed by atoms with Gasteiger partial charge in [-0.1, -0.05) is 43.6 Å². The Morgan fingerprint density at radius 2 is 1.96 bits per heavy atom. The largest absolute Gasteiger partial charge is 0.393 e. The number of hydrogen-bond acceptors (Lipinski definition) is 3. The van der Waals surface area contributed by atoms with Gasteiger partial charge in [0.25, 0.3) is 0 Å². The first-order valence-electron chi connectivity index (χ1n) is 8.73. The lowest BCUT2D eigenvalue weighted by atomic mass is 9.86. The average molecular weight is 339 g/mol. The third kappa shape index (κ3) is 6.42. The van der Waals surface area contributed by atoms with Crippen molar-refractivity contribution >= 4 is 11.6 Å². The fraction of sp³-hybridized carbons (Fsp3) is 0.684. The molecule has 0 amide bonds. The molecule has 1 unspecified atom stereocenters. The minimum Gasteiger partial charge on any atom is -0.393 e. The maximum atomic E-state index is 9.58. The van der Waals surface area contributed by atoms with E-state index in [0.717, 1.165) is 37.6 Å². The molecule has 1 heterocycles. The number of hydrogen-bond donors (Lipinski definition) is 2. The summed E-state index contributed by atoms with van der Waals surface area (Å²) in [6.45, 7) is 10.4. The highest BCUT2D eigenvalue weighted by atomic mass is 35.5. The average Bonchev–Trinajstić information content (AvgIpc) is 2.48. The van der Waals surface area contributed by atoms with E-state index >= 15 is 0 Å². The minimum atomic E-state index is -0.232. The lowest BCUT2D eigenvalue weighted by molar-refractivity contribution is 0.121. The van der Waals surface area contributed by atoms with Gasteiger partial charge in [-0.05, 0) is 56.3 Å². The Morgan fingerprint density at radius 1 is 1.30 bits per heavy atom. The third-order valence-corrected chi connectivity index (χ3v) is 5.03. The maximum absolute atomic E-state index is 9.58. The molecule has 130 valence electrons. The Bertz CT molecular complexity index is 482. The van der Waals surface area contributed by atoms with Gasteiger partial charge in [0.2, 0.25) is 0 Å². The molecule has 0 spiro atoms. The summed E-state index contributed by atoms with van der Waals surface area (Å²) in [5.74, 6) is 0. The minimum absolute atomic E-state index is 0.142. The van der Waals surface area contributed by atoms with E-state index in [-0.39, 0.29) is 11.5 Å². The normalized spacial score (nSPS) is 19.0. The van der Waals surface area contributed by atoms with Crippen LogP contribution in [0.1, 0.15) is 45.6 Å². The van der Waals surface area contributed by atoms with Crippen LogP contribution in [0.15, 0.2) is 24.3 Å². The summed E-state index contributed by atoms with van der Waals surface area (Å²) in [4.78, 5) is 2.49. The molecular formula is C19H31ClN2O. The van der Waals surface area contributed by atoms with E-state index in [1.165, 1.54) is 18.4 Å². The van der Waals surface area contributed by atoms with Crippen LogP contribution in [0, 0.1) is 5.41 Å². The predicted octanol–water partition coefficient (Wildman–Crippen LogP) is 3.69. The number of likely N-dealkylation sites (tertiary alicyclic amines) is 1. The van der Waals surface area contributed by atoms with Gasteiger partial charge in [-0.25, -0.2) is 0 Å². The topological polar surface area (TPSA) is 35.5 Å². The fourth-order valence-corrected chi connectivity index (χ4v) is 3.65. The molecule has 1 aliphatic heterocycles. The summed E-state index contributed by atoms with van der Waals surface area (Å²) < 4.78 is 0. The number of aliphatic hydroxyl groups is 1. The van der Waals surface area contributed by atoms with Crippen molar-refractivity contribution in [3.63, 3.8) is 0 Å². The smallest absolute Gasteiger partial charge is 0.0517 e. The molecule has 0 aromatic heterocycles. The van der Waals surface area contributed by atoms with Crippen LogP contribution in [-0.4, -0.2) is 41.8 Å². The van der Waals surface area contributed by atoms with Gasteiger partial charge in [0, 0.05) is 24.2 Å². The van der Waals surface area contributed by atoms with Crippen molar-refractivity contribution in [1.29, 1.82) is 0 Å². The van der Waals surface area contributed by atoms with Crippen LogP contribution >= 0.6 is 11.6 Å². The molecule has 0 radical (unpaired) electrons. The van der Waals surface area contributed by atoms with E-state index in [0.29, 0.717) is 6.04 Å². The molecule has 1 atom stereocenters. The highest BCUT2D eigenvalue weighted by molar-refractivity contribution is 6.31. The lowest BCUT2D eigenvalue weighted by Crippen LogP contribution is -2.45. The van der Waals surface area contributed by atoms with Crippen LogP contribution in [0.5, 0.6) is 0 Å². The quantitative estimate of drug-likeness (QED) is 0.796. The van der Waals surface area contributed by atoms with Crippen LogP contribution in [-0.2, 0) is 6.54 Å². The SMILES string of the molecule is CC(O)CC(C)(C)CNC1CCN(Cc2ccccc2Cl)CC1. The zero-order valence-electron chi connectivity index (χ0n) is 14.7. The molecule has 1 aromatic rings. The first kappa shape index (κ1) is 18.7. The van der Waals surface area contributed by atoms with Crippen LogP contribution in [0.3, 0.4) is 0 Å². The molecular weight excluding hydrogens is 308 g/mol. The molecule has 1 saturated heterocycles. The van der Waals surface area contributed by atoms with Crippen molar-refractivity contribution in [2.24, 2.45) is 5.41 Å². The summed E-state index contributed by atoms with van der Waals surface area (Å²) >= 11 is 6.25. The van der Waals surface area contributed by atoms with Gasteiger partial charge in [0.05, 0.1) is 6.10 Å². The van der Waals surface area contributed by atoms with Crippen molar-refractivity contribution in [2.45, 2.75) is 58.7 Å². The van der Waals surface area contributed by atoms with Gasteiger partial charge in [0.1, 0.15) is 0 Å². The van der Waals surface area contributed by atoms with Gasteiger partial charge in [-0.2, -0.15) is 0 Å². The van der Waals surface area contributed by atoms with Gasteiger partial charge >= 0.3 is 0 Å². The summed E-state index contributed by atoms with van der Waals surface area (Å²) in [6.07, 6.45) is 2.96. The van der Waals surface area contributed by atoms with E-state index in [4.69, 9.17) is 11.6 Å². The zero-order chi connectivity index (χ0) is 16.9. The Balaban J connectivity index is 1.73. The van der Waals surface area contributed by atoms with Gasteiger partial charge < -0.3 is 10.4 Å². The molecule has 0 bridgehead atoms. The van der Waals surface area contributed by atoms with Gasteiger partial charge in [-0.15, -0.1) is 0 Å². The molecule has 1 aromatic carbocycles. The molecule has 1 fully saturated rings. The van der Waals surface area contributed by atoms with E-state index in [1.807, 2.05) is 19.1 Å². The van der Waals surface area contributed by atoms with E-state index < -0.39 is 0 Å². The van der Waals surface area contributed by atoms with Gasteiger partial charge in [-0.3, -0.25) is 4.90 Å². The van der Waals surface area contributed by atoms with Crippen LogP contribution in [0.2, 0.25) is 5.02 Å². The Morgan fingerprint density at radius 3 is 2.57 bits per heavy atom. The van der Waals surface area contributed by atoms with Crippen LogP contribution in [0.25, 0.3) is 0 Å². The second kappa shape index (κ2) is 8.48. The lowest BCUT2D eigenvalue weighted by Gasteiger charge is -2.35. The van der Waals surface area contributed by atoms with Crippen LogP contribution in [0.4, 0.5) is 0 Å². The second-order valence-corrected chi connectivity index (χ2v) is 8.15. The predicted molar refractivity (Wildman–Crippen MR) is 97.8 cm³/mol. The standard InChI is InChI=1S/C19H31ClN2O/c1-15(23)12-19(2,3)14-21-17-8-10-22(11-9-17)13-16-6-4-5-7-18(16)20/h4-7,15,17,21,23H,8-14H2,1-3H3. The fourth-order valence-electron chi connectivity index (χ4n) is 3.46. The second-order valence-electron chi connectivity index (χ2n) is 7.74. The molecule has 23 heavy (non-hydrogen) atoms. The molecule has 0 aliphatic carbocycles.